The molecule has 0 aliphatic heterocycles. The van der Waals surface area contributed by atoms with Gasteiger partial charge in [0.05, 0.1) is 40.6 Å². The standard InChI is InChI=1S/C26H23N3O8/c1-3-36-25(32)19-9-5-7-11-21(19)27-23(30)16-13-17(15-18(14-16)29(34)35)24(31)28-22-12-8-6-10-20(22)26(33)37-4-2/h5-15H,3-4H2,1-2H3,(H,27,30)(H,28,31). The summed E-state index contributed by atoms with van der Waals surface area (Å²) in [5.41, 5.74) is -0.449. The van der Waals surface area contributed by atoms with E-state index in [0.717, 1.165) is 18.2 Å². The summed E-state index contributed by atoms with van der Waals surface area (Å²) in [5.74, 6) is -2.89. The summed E-state index contributed by atoms with van der Waals surface area (Å²) in [5, 5.41) is 16.6. The molecule has 3 aromatic rings. The van der Waals surface area contributed by atoms with Gasteiger partial charge < -0.3 is 20.1 Å². The Morgan fingerprint density at radius 2 is 1.14 bits per heavy atom. The van der Waals surface area contributed by atoms with Crippen LogP contribution < -0.4 is 10.6 Å². The Balaban J connectivity index is 1.93. The van der Waals surface area contributed by atoms with Crippen molar-refractivity contribution in [2.45, 2.75) is 13.8 Å². The maximum Gasteiger partial charge on any atom is 0.340 e. The van der Waals surface area contributed by atoms with E-state index in [1.54, 1.807) is 38.1 Å². The monoisotopic (exact) mass is 505 g/mol. The average Bonchev–Trinajstić information content (AvgIpc) is 2.89. The van der Waals surface area contributed by atoms with Gasteiger partial charge in [-0.25, -0.2) is 9.59 Å². The van der Waals surface area contributed by atoms with Crippen LogP contribution in [0.2, 0.25) is 0 Å². The van der Waals surface area contributed by atoms with Crippen LogP contribution in [-0.4, -0.2) is 41.9 Å². The van der Waals surface area contributed by atoms with Crippen LogP contribution in [0.15, 0.2) is 66.7 Å². The fourth-order valence-corrected chi connectivity index (χ4v) is 3.33. The van der Waals surface area contributed by atoms with Gasteiger partial charge in [0, 0.05) is 23.3 Å². The molecule has 0 radical (unpaired) electrons. The number of hydrogen-bond acceptors (Lipinski definition) is 8. The summed E-state index contributed by atoms with van der Waals surface area (Å²) in [6, 6.07) is 15.4. The molecule has 2 amide bonds. The van der Waals surface area contributed by atoms with Gasteiger partial charge in [0.15, 0.2) is 0 Å². The number of ether oxygens (including phenoxy) is 2. The Morgan fingerprint density at radius 1 is 0.730 bits per heavy atom. The molecule has 0 spiro atoms. The predicted octanol–water partition coefficient (Wildman–Crippen LogP) is 4.45. The van der Waals surface area contributed by atoms with Crippen molar-refractivity contribution in [3.05, 3.63) is 99.1 Å². The maximum absolute atomic E-state index is 13.0. The minimum absolute atomic E-state index is 0.0941. The van der Waals surface area contributed by atoms with E-state index in [1.165, 1.54) is 24.3 Å². The third kappa shape index (κ3) is 6.54. The van der Waals surface area contributed by atoms with E-state index >= 15 is 0 Å². The molecule has 0 saturated heterocycles. The zero-order valence-electron chi connectivity index (χ0n) is 20.0. The number of hydrogen-bond donors (Lipinski definition) is 2. The number of nitrogens with zero attached hydrogens (tertiary/aromatic N) is 1. The smallest absolute Gasteiger partial charge is 0.340 e. The molecule has 11 heteroatoms. The minimum atomic E-state index is -0.790. The number of amides is 2. The number of nitro benzene ring substituents is 1. The molecule has 11 nitrogen and oxygen atoms in total. The van der Waals surface area contributed by atoms with Crippen LogP contribution >= 0.6 is 0 Å². The van der Waals surface area contributed by atoms with Gasteiger partial charge >= 0.3 is 11.9 Å². The molecular weight excluding hydrogens is 482 g/mol. The number of para-hydroxylation sites is 2. The van der Waals surface area contributed by atoms with Crippen molar-refractivity contribution in [1.82, 2.24) is 0 Å². The van der Waals surface area contributed by atoms with E-state index < -0.39 is 34.4 Å². The first-order valence-corrected chi connectivity index (χ1v) is 11.2. The van der Waals surface area contributed by atoms with Crippen molar-refractivity contribution in [2.75, 3.05) is 23.8 Å². The highest BCUT2D eigenvalue weighted by molar-refractivity contribution is 6.12. The van der Waals surface area contributed by atoms with Crippen LogP contribution in [-0.2, 0) is 9.47 Å². The molecule has 37 heavy (non-hydrogen) atoms. The Bertz CT molecular complexity index is 1280. The van der Waals surface area contributed by atoms with Gasteiger partial charge in [0.1, 0.15) is 0 Å². The van der Waals surface area contributed by atoms with Crippen molar-refractivity contribution in [2.24, 2.45) is 0 Å². The molecule has 0 atom stereocenters. The summed E-state index contributed by atoms with van der Waals surface area (Å²) in [4.78, 5) is 61.2. The van der Waals surface area contributed by atoms with Crippen molar-refractivity contribution in [1.29, 1.82) is 0 Å². The van der Waals surface area contributed by atoms with Crippen LogP contribution in [0.4, 0.5) is 17.1 Å². The predicted molar refractivity (Wildman–Crippen MR) is 134 cm³/mol. The SMILES string of the molecule is CCOC(=O)c1ccccc1NC(=O)c1cc(C(=O)Nc2ccccc2C(=O)OCC)cc([N+](=O)[O-])c1. The number of non-ortho nitro benzene ring substituents is 1. The van der Waals surface area contributed by atoms with Gasteiger partial charge in [-0.3, -0.25) is 19.7 Å². The van der Waals surface area contributed by atoms with Gasteiger partial charge in [-0.2, -0.15) is 0 Å². The molecule has 3 rings (SSSR count). The molecule has 0 aliphatic carbocycles. The maximum atomic E-state index is 13.0. The van der Waals surface area contributed by atoms with E-state index in [0.29, 0.717) is 0 Å². The van der Waals surface area contributed by atoms with Crippen molar-refractivity contribution >= 4 is 40.8 Å². The van der Waals surface area contributed by atoms with E-state index in [2.05, 4.69) is 10.6 Å². The second-order valence-corrected chi connectivity index (χ2v) is 7.47. The number of esters is 2. The normalized spacial score (nSPS) is 10.2. The number of nitro groups is 1. The topological polar surface area (TPSA) is 154 Å². The average molecular weight is 505 g/mol. The van der Waals surface area contributed by atoms with Crippen molar-refractivity contribution < 1.29 is 33.6 Å². The molecule has 190 valence electrons. The first-order chi connectivity index (χ1) is 17.7. The number of anilines is 2. The third-order valence-electron chi connectivity index (χ3n) is 4.99. The molecular formula is C26H23N3O8. The molecule has 3 aromatic carbocycles. The Hall–Kier alpha value is -5.06. The Kier molecular flexibility index (Phi) is 8.66. The van der Waals surface area contributed by atoms with Gasteiger partial charge in [0.2, 0.25) is 0 Å². The van der Waals surface area contributed by atoms with Crippen LogP contribution in [0.3, 0.4) is 0 Å². The van der Waals surface area contributed by atoms with E-state index in [-0.39, 0.29) is 46.8 Å². The van der Waals surface area contributed by atoms with Crippen LogP contribution in [0.5, 0.6) is 0 Å². The lowest BCUT2D eigenvalue weighted by Crippen LogP contribution is -2.19. The minimum Gasteiger partial charge on any atom is -0.462 e. The number of benzene rings is 3. The second-order valence-electron chi connectivity index (χ2n) is 7.47. The molecule has 0 aliphatic rings. The van der Waals surface area contributed by atoms with E-state index in [1.807, 2.05) is 0 Å². The molecule has 0 saturated carbocycles. The summed E-state index contributed by atoms with van der Waals surface area (Å²) >= 11 is 0. The Morgan fingerprint density at radius 3 is 1.51 bits per heavy atom. The third-order valence-corrected chi connectivity index (χ3v) is 4.99. The van der Waals surface area contributed by atoms with E-state index in [9.17, 15) is 29.3 Å². The highest BCUT2D eigenvalue weighted by Crippen LogP contribution is 2.23. The zero-order chi connectivity index (χ0) is 26.9. The molecule has 0 unspecified atom stereocenters. The van der Waals surface area contributed by atoms with Gasteiger partial charge in [-0.15, -0.1) is 0 Å². The number of rotatable bonds is 9. The molecule has 0 bridgehead atoms. The van der Waals surface area contributed by atoms with Gasteiger partial charge in [-0.1, -0.05) is 24.3 Å². The Labute approximate surface area is 211 Å². The summed E-state index contributed by atoms with van der Waals surface area (Å²) in [6.07, 6.45) is 0. The fourth-order valence-electron chi connectivity index (χ4n) is 3.33. The summed E-state index contributed by atoms with van der Waals surface area (Å²) < 4.78 is 9.98. The lowest BCUT2D eigenvalue weighted by molar-refractivity contribution is -0.384. The molecule has 0 fully saturated rings. The number of carbonyl (C=O) groups is 4. The van der Waals surface area contributed by atoms with Gasteiger partial charge in [-0.05, 0) is 44.2 Å². The summed E-state index contributed by atoms with van der Waals surface area (Å²) in [6.45, 7) is 3.54. The van der Waals surface area contributed by atoms with Crippen molar-refractivity contribution in [3.63, 3.8) is 0 Å². The lowest BCUT2D eigenvalue weighted by Gasteiger charge is -2.12. The highest BCUT2D eigenvalue weighted by atomic mass is 16.6. The highest BCUT2D eigenvalue weighted by Gasteiger charge is 2.21. The lowest BCUT2D eigenvalue weighted by atomic mass is 10.1. The molecule has 0 aromatic heterocycles. The van der Waals surface area contributed by atoms with E-state index in [4.69, 9.17) is 9.47 Å². The van der Waals surface area contributed by atoms with Crippen LogP contribution in [0, 0.1) is 10.1 Å². The zero-order valence-corrected chi connectivity index (χ0v) is 20.0. The first-order valence-electron chi connectivity index (χ1n) is 11.2. The molecule has 2 N–H and O–H groups in total. The van der Waals surface area contributed by atoms with Crippen LogP contribution in [0.25, 0.3) is 0 Å². The first kappa shape index (κ1) is 26.5. The number of nitrogens with one attached hydrogen (secondary N) is 2. The largest absolute Gasteiger partial charge is 0.462 e. The number of carbonyl (C=O) groups excluding carboxylic acids is 4. The van der Waals surface area contributed by atoms with Crippen LogP contribution in [0.1, 0.15) is 55.3 Å². The second kappa shape index (κ2) is 12.1. The van der Waals surface area contributed by atoms with Gasteiger partial charge in [0.25, 0.3) is 17.5 Å². The molecule has 0 heterocycles. The fraction of sp³-hybridized carbons (Fsp3) is 0.154. The van der Waals surface area contributed by atoms with Crippen molar-refractivity contribution in [3.8, 4) is 0 Å². The quantitative estimate of drug-likeness (QED) is 0.246. The summed E-state index contributed by atoms with van der Waals surface area (Å²) in [7, 11) is 0.